The molecule has 112 valence electrons. The van der Waals surface area contributed by atoms with Crippen LogP contribution in [-0.4, -0.2) is 42.3 Å². The summed E-state index contributed by atoms with van der Waals surface area (Å²) in [7, 11) is 0. The Labute approximate surface area is 118 Å². The zero-order valence-electron chi connectivity index (χ0n) is 12.8. The first-order chi connectivity index (χ1) is 9.04. The first kappa shape index (κ1) is 15.3. The van der Waals surface area contributed by atoms with Gasteiger partial charge in [0.05, 0.1) is 6.10 Å². The van der Waals surface area contributed by atoms with E-state index in [1.165, 1.54) is 32.2 Å². The number of nitrogens with zero attached hydrogens (tertiary/aromatic N) is 1. The third-order valence-electron chi connectivity index (χ3n) is 5.49. The van der Waals surface area contributed by atoms with Crippen LogP contribution in [0.3, 0.4) is 0 Å². The zero-order chi connectivity index (χ0) is 13.9. The van der Waals surface area contributed by atoms with Gasteiger partial charge in [0.1, 0.15) is 0 Å². The highest BCUT2D eigenvalue weighted by molar-refractivity contribution is 4.90. The summed E-state index contributed by atoms with van der Waals surface area (Å²) in [6.07, 6.45) is 7.50. The fourth-order valence-electron chi connectivity index (χ4n) is 4.23. The molecule has 0 aromatic carbocycles. The van der Waals surface area contributed by atoms with Crippen molar-refractivity contribution in [2.24, 2.45) is 23.0 Å². The van der Waals surface area contributed by atoms with Gasteiger partial charge in [-0.3, -0.25) is 0 Å². The molecule has 1 aliphatic heterocycles. The van der Waals surface area contributed by atoms with E-state index >= 15 is 0 Å². The van der Waals surface area contributed by atoms with Crippen LogP contribution in [0.2, 0.25) is 0 Å². The van der Waals surface area contributed by atoms with Crippen LogP contribution in [0, 0.1) is 17.3 Å². The summed E-state index contributed by atoms with van der Waals surface area (Å²) in [5.74, 6) is 1.35. The molecule has 0 spiro atoms. The van der Waals surface area contributed by atoms with Crippen LogP contribution in [0.25, 0.3) is 0 Å². The van der Waals surface area contributed by atoms with E-state index in [0.717, 1.165) is 38.4 Å². The number of aliphatic hydroxyl groups excluding tert-OH is 1. The minimum Gasteiger partial charge on any atom is -0.393 e. The molecule has 0 aromatic heterocycles. The van der Waals surface area contributed by atoms with Crippen molar-refractivity contribution in [2.45, 2.75) is 58.5 Å². The highest BCUT2D eigenvalue weighted by Gasteiger charge is 2.36. The van der Waals surface area contributed by atoms with Crippen LogP contribution in [0.15, 0.2) is 0 Å². The number of nitrogens with two attached hydrogens (primary N) is 1. The lowest BCUT2D eigenvalue weighted by Crippen LogP contribution is -2.48. The predicted octanol–water partition coefficient (Wildman–Crippen LogP) is 2.23. The first-order valence-corrected chi connectivity index (χ1v) is 8.15. The number of likely N-dealkylation sites (tertiary alicyclic amines) is 1. The van der Waals surface area contributed by atoms with Gasteiger partial charge in [0.2, 0.25) is 0 Å². The van der Waals surface area contributed by atoms with Crippen LogP contribution < -0.4 is 5.73 Å². The van der Waals surface area contributed by atoms with Gasteiger partial charge in [0.15, 0.2) is 0 Å². The van der Waals surface area contributed by atoms with Crippen LogP contribution in [0.4, 0.5) is 0 Å². The second-order valence-corrected chi connectivity index (χ2v) is 7.26. The van der Waals surface area contributed by atoms with Gasteiger partial charge in [-0.05, 0) is 69.5 Å². The molecular weight excluding hydrogens is 236 g/mol. The van der Waals surface area contributed by atoms with E-state index in [-0.39, 0.29) is 6.10 Å². The Kier molecular flexibility index (Phi) is 5.27. The Hall–Kier alpha value is -0.120. The summed E-state index contributed by atoms with van der Waals surface area (Å²) in [5, 5.41) is 9.68. The summed E-state index contributed by atoms with van der Waals surface area (Å²) in [6.45, 7) is 8.62. The Bertz CT molecular complexity index is 274. The van der Waals surface area contributed by atoms with E-state index in [2.05, 4.69) is 11.8 Å². The van der Waals surface area contributed by atoms with Gasteiger partial charge < -0.3 is 15.7 Å². The van der Waals surface area contributed by atoms with Gasteiger partial charge in [0.25, 0.3) is 0 Å². The van der Waals surface area contributed by atoms with Crippen molar-refractivity contribution in [2.75, 3.05) is 26.2 Å². The molecule has 0 bridgehead atoms. The maximum Gasteiger partial charge on any atom is 0.0541 e. The summed E-state index contributed by atoms with van der Waals surface area (Å²) in [5.41, 5.74) is 6.50. The molecule has 2 rings (SSSR count). The molecule has 1 aliphatic carbocycles. The minimum atomic E-state index is -0.139. The summed E-state index contributed by atoms with van der Waals surface area (Å²) < 4.78 is 0. The smallest absolute Gasteiger partial charge is 0.0541 e. The number of rotatable bonds is 4. The van der Waals surface area contributed by atoms with E-state index in [1.54, 1.807) is 0 Å². The number of hydrogen-bond acceptors (Lipinski definition) is 3. The molecule has 1 heterocycles. The lowest BCUT2D eigenvalue weighted by atomic mass is 9.69. The number of hydrogen-bond donors (Lipinski definition) is 2. The van der Waals surface area contributed by atoms with E-state index in [0.29, 0.717) is 11.3 Å². The fourth-order valence-corrected chi connectivity index (χ4v) is 4.23. The Morgan fingerprint density at radius 3 is 2.53 bits per heavy atom. The molecule has 2 fully saturated rings. The molecule has 3 N–H and O–H groups in total. The van der Waals surface area contributed by atoms with E-state index in [4.69, 9.17) is 5.73 Å². The molecular formula is C16H32N2O. The van der Waals surface area contributed by atoms with E-state index in [1.807, 2.05) is 6.92 Å². The second-order valence-electron chi connectivity index (χ2n) is 7.26. The molecule has 1 saturated carbocycles. The summed E-state index contributed by atoms with van der Waals surface area (Å²) in [4.78, 5) is 2.60. The number of piperidine rings is 1. The average Bonchev–Trinajstić information content (AvgIpc) is 2.39. The summed E-state index contributed by atoms with van der Waals surface area (Å²) >= 11 is 0. The van der Waals surface area contributed by atoms with Gasteiger partial charge in [-0.15, -0.1) is 0 Å². The predicted molar refractivity (Wildman–Crippen MR) is 80.0 cm³/mol. The van der Waals surface area contributed by atoms with Gasteiger partial charge >= 0.3 is 0 Å². The largest absolute Gasteiger partial charge is 0.393 e. The van der Waals surface area contributed by atoms with Crippen molar-refractivity contribution >= 4 is 0 Å². The van der Waals surface area contributed by atoms with Crippen LogP contribution in [-0.2, 0) is 0 Å². The molecule has 3 heteroatoms. The third kappa shape index (κ3) is 3.93. The maximum atomic E-state index is 9.68. The number of aliphatic hydroxyl groups is 1. The van der Waals surface area contributed by atoms with Crippen molar-refractivity contribution in [3.8, 4) is 0 Å². The standard InChI is InChI=1S/C16H32N2O/c1-13-4-3-7-16(10-13,11-17)12-18-8-5-15(6-9-18)14(2)19/h13-15,19H,3-12,17H2,1-2H3. The van der Waals surface area contributed by atoms with Crippen molar-refractivity contribution in [1.29, 1.82) is 0 Å². The lowest BCUT2D eigenvalue weighted by molar-refractivity contribution is 0.0372. The van der Waals surface area contributed by atoms with Gasteiger partial charge in [-0.1, -0.05) is 19.8 Å². The molecule has 3 nitrogen and oxygen atoms in total. The van der Waals surface area contributed by atoms with Gasteiger partial charge in [-0.2, -0.15) is 0 Å². The highest BCUT2D eigenvalue weighted by Crippen LogP contribution is 2.39. The van der Waals surface area contributed by atoms with Gasteiger partial charge in [0, 0.05) is 6.54 Å². The second kappa shape index (κ2) is 6.55. The van der Waals surface area contributed by atoms with Crippen LogP contribution >= 0.6 is 0 Å². The molecule has 1 saturated heterocycles. The maximum absolute atomic E-state index is 9.68. The fraction of sp³-hybridized carbons (Fsp3) is 1.00. The zero-order valence-corrected chi connectivity index (χ0v) is 12.8. The molecule has 0 amide bonds. The normalized spacial score (nSPS) is 36.3. The van der Waals surface area contributed by atoms with E-state index in [9.17, 15) is 5.11 Å². The van der Waals surface area contributed by atoms with Crippen molar-refractivity contribution in [3.05, 3.63) is 0 Å². The quantitative estimate of drug-likeness (QED) is 0.822. The lowest BCUT2D eigenvalue weighted by Gasteiger charge is -2.44. The topological polar surface area (TPSA) is 49.5 Å². The molecule has 0 aromatic rings. The molecule has 0 radical (unpaired) electrons. The van der Waals surface area contributed by atoms with Crippen molar-refractivity contribution in [3.63, 3.8) is 0 Å². The van der Waals surface area contributed by atoms with Crippen molar-refractivity contribution < 1.29 is 5.11 Å². The molecule has 2 aliphatic rings. The minimum absolute atomic E-state index is 0.139. The van der Waals surface area contributed by atoms with Crippen LogP contribution in [0.1, 0.15) is 52.4 Å². The molecule has 3 atom stereocenters. The molecule has 3 unspecified atom stereocenters. The Balaban J connectivity index is 1.86. The SMILES string of the molecule is CC1CCCC(CN)(CN2CCC(C(C)O)CC2)C1. The average molecular weight is 268 g/mol. The van der Waals surface area contributed by atoms with Gasteiger partial charge in [-0.25, -0.2) is 0 Å². The Morgan fingerprint density at radius 2 is 2.00 bits per heavy atom. The van der Waals surface area contributed by atoms with Crippen LogP contribution in [0.5, 0.6) is 0 Å². The third-order valence-corrected chi connectivity index (χ3v) is 5.49. The summed E-state index contributed by atoms with van der Waals surface area (Å²) in [6, 6.07) is 0. The van der Waals surface area contributed by atoms with Crippen molar-refractivity contribution in [1.82, 2.24) is 4.90 Å². The van der Waals surface area contributed by atoms with E-state index < -0.39 is 0 Å². The first-order valence-electron chi connectivity index (χ1n) is 8.15. The molecule has 19 heavy (non-hydrogen) atoms. The monoisotopic (exact) mass is 268 g/mol. The highest BCUT2D eigenvalue weighted by atomic mass is 16.3. The Morgan fingerprint density at radius 1 is 1.32 bits per heavy atom.